The standard InChI is InChI=1S/C12H17N3O/c1-8(2)12(16)15-10-5-6-11(13-7-10)14-9-3-4-9/h5-9H,3-4H2,1-2H3,(H,13,14)(H,15,16). The molecule has 1 aliphatic carbocycles. The molecule has 0 spiro atoms. The first-order valence-corrected chi connectivity index (χ1v) is 5.68. The lowest BCUT2D eigenvalue weighted by atomic mass is 10.2. The second kappa shape index (κ2) is 4.51. The minimum atomic E-state index is -0.00994. The molecule has 1 heterocycles. The maximum atomic E-state index is 11.4. The summed E-state index contributed by atoms with van der Waals surface area (Å²) in [4.78, 5) is 15.7. The Hall–Kier alpha value is -1.58. The fraction of sp³-hybridized carbons (Fsp3) is 0.500. The maximum absolute atomic E-state index is 11.4. The van der Waals surface area contributed by atoms with Gasteiger partial charge in [0.05, 0.1) is 11.9 Å². The smallest absolute Gasteiger partial charge is 0.226 e. The zero-order chi connectivity index (χ0) is 11.5. The number of carbonyl (C=O) groups is 1. The highest BCUT2D eigenvalue weighted by Gasteiger charge is 2.21. The van der Waals surface area contributed by atoms with Crippen LogP contribution in [0, 0.1) is 5.92 Å². The Balaban J connectivity index is 1.93. The third-order valence-corrected chi connectivity index (χ3v) is 2.48. The molecule has 1 aromatic heterocycles. The van der Waals surface area contributed by atoms with Gasteiger partial charge in [0.15, 0.2) is 0 Å². The Labute approximate surface area is 95.5 Å². The first-order valence-electron chi connectivity index (χ1n) is 5.68. The van der Waals surface area contributed by atoms with E-state index in [9.17, 15) is 4.79 Å². The van der Waals surface area contributed by atoms with Crippen molar-refractivity contribution in [2.45, 2.75) is 32.7 Å². The summed E-state index contributed by atoms with van der Waals surface area (Å²) in [6, 6.07) is 4.37. The van der Waals surface area contributed by atoms with Crippen LogP contribution in [0.1, 0.15) is 26.7 Å². The quantitative estimate of drug-likeness (QED) is 0.816. The van der Waals surface area contributed by atoms with Crippen molar-refractivity contribution in [1.29, 1.82) is 0 Å². The molecule has 1 aromatic rings. The molecule has 1 fully saturated rings. The van der Waals surface area contributed by atoms with E-state index >= 15 is 0 Å². The molecule has 0 unspecified atom stereocenters. The molecule has 4 nitrogen and oxygen atoms in total. The molecule has 1 saturated carbocycles. The van der Waals surface area contributed by atoms with Crippen molar-refractivity contribution in [3.63, 3.8) is 0 Å². The van der Waals surface area contributed by atoms with E-state index in [1.165, 1.54) is 12.8 Å². The van der Waals surface area contributed by atoms with Crippen molar-refractivity contribution < 1.29 is 4.79 Å². The van der Waals surface area contributed by atoms with Crippen LogP contribution in [0.3, 0.4) is 0 Å². The van der Waals surface area contributed by atoms with Gasteiger partial charge in [0.25, 0.3) is 0 Å². The van der Waals surface area contributed by atoms with Crippen molar-refractivity contribution >= 4 is 17.4 Å². The molecule has 0 saturated heterocycles. The van der Waals surface area contributed by atoms with Crippen LogP contribution < -0.4 is 10.6 Å². The van der Waals surface area contributed by atoms with E-state index in [0.717, 1.165) is 11.5 Å². The van der Waals surface area contributed by atoms with Gasteiger partial charge in [-0.1, -0.05) is 13.8 Å². The summed E-state index contributed by atoms with van der Waals surface area (Å²) in [6.07, 6.45) is 4.14. The van der Waals surface area contributed by atoms with Gasteiger partial charge >= 0.3 is 0 Å². The lowest BCUT2D eigenvalue weighted by Crippen LogP contribution is -2.17. The van der Waals surface area contributed by atoms with E-state index in [2.05, 4.69) is 15.6 Å². The van der Waals surface area contributed by atoms with Gasteiger partial charge in [-0.25, -0.2) is 4.98 Å². The summed E-state index contributed by atoms with van der Waals surface area (Å²) >= 11 is 0. The highest BCUT2D eigenvalue weighted by Crippen LogP contribution is 2.23. The van der Waals surface area contributed by atoms with Crippen LogP contribution in [0.25, 0.3) is 0 Å². The summed E-state index contributed by atoms with van der Waals surface area (Å²) in [5.41, 5.74) is 0.750. The summed E-state index contributed by atoms with van der Waals surface area (Å²) in [6.45, 7) is 3.73. The summed E-state index contributed by atoms with van der Waals surface area (Å²) in [7, 11) is 0. The fourth-order valence-corrected chi connectivity index (χ4v) is 1.28. The molecule has 0 bridgehead atoms. The molecule has 4 heteroatoms. The van der Waals surface area contributed by atoms with Crippen LogP contribution in [0.15, 0.2) is 18.3 Å². The first-order chi connectivity index (χ1) is 7.65. The van der Waals surface area contributed by atoms with Crippen LogP contribution in [0.5, 0.6) is 0 Å². The average molecular weight is 219 g/mol. The second-order valence-corrected chi connectivity index (χ2v) is 4.49. The number of rotatable bonds is 4. The Kier molecular flexibility index (Phi) is 3.08. The van der Waals surface area contributed by atoms with E-state index < -0.39 is 0 Å². The zero-order valence-electron chi connectivity index (χ0n) is 9.66. The lowest BCUT2D eigenvalue weighted by molar-refractivity contribution is -0.118. The van der Waals surface area contributed by atoms with Gasteiger partial charge in [0.1, 0.15) is 5.82 Å². The third kappa shape index (κ3) is 2.95. The Bertz CT molecular complexity index is 368. The number of pyridine rings is 1. The van der Waals surface area contributed by atoms with Gasteiger partial charge in [-0.15, -0.1) is 0 Å². The number of carbonyl (C=O) groups excluding carboxylic acids is 1. The molecule has 2 N–H and O–H groups in total. The Morgan fingerprint density at radius 2 is 2.19 bits per heavy atom. The van der Waals surface area contributed by atoms with E-state index in [1.807, 2.05) is 26.0 Å². The molecule has 16 heavy (non-hydrogen) atoms. The molecular weight excluding hydrogens is 202 g/mol. The predicted molar refractivity (Wildman–Crippen MR) is 64.3 cm³/mol. The van der Waals surface area contributed by atoms with E-state index in [1.54, 1.807) is 6.20 Å². The maximum Gasteiger partial charge on any atom is 0.226 e. The van der Waals surface area contributed by atoms with E-state index in [-0.39, 0.29) is 11.8 Å². The number of nitrogens with one attached hydrogen (secondary N) is 2. The highest BCUT2D eigenvalue weighted by atomic mass is 16.1. The van der Waals surface area contributed by atoms with Gasteiger partial charge in [-0.2, -0.15) is 0 Å². The van der Waals surface area contributed by atoms with Crippen molar-refractivity contribution in [1.82, 2.24) is 4.98 Å². The first kappa shape index (κ1) is 10.9. The molecule has 0 atom stereocenters. The molecule has 1 aliphatic rings. The third-order valence-electron chi connectivity index (χ3n) is 2.48. The number of hydrogen-bond donors (Lipinski definition) is 2. The van der Waals surface area contributed by atoms with Crippen molar-refractivity contribution in [3.05, 3.63) is 18.3 Å². The minimum Gasteiger partial charge on any atom is -0.367 e. The van der Waals surface area contributed by atoms with Crippen molar-refractivity contribution in [3.8, 4) is 0 Å². The molecular formula is C12H17N3O. The van der Waals surface area contributed by atoms with E-state index in [4.69, 9.17) is 0 Å². The molecule has 0 aromatic carbocycles. The normalized spacial score (nSPS) is 14.9. The number of anilines is 2. The molecule has 2 rings (SSSR count). The van der Waals surface area contributed by atoms with Crippen LogP contribution in [-0.4, -0.2) is 16.9 Å². The SMILES string of the molecule is CC(C)C(=O)Nc1ccc(NC2CC2)nc1. The van der Waals surface area contributed by atoms with Crippen LogP contribution in [-0.2, 0) is 4.79 Å². The van der Waals surface area contributed by atoms with Gasteiger partial charge in [-0.05, 0) is 25.0 Å². The largest absolute Gasteiger partial charge is 0.367 e. The molecule has 1 amide bonds. The van der Waals surface area contributed by atoms with Gasteiger partial charge in [-0.3, -0.25) is 4.79 Å². The highest BCUT2D eigenvalue weighted by molar-refractivity contribution is 5.91. The minimum absolute atomic E-state index is 0.00994. The zero-order valence-corrected chi connectivity index (χ0v) is 9.66. The average Bonchev–Trinajstić information content (AvgIpc) is 3.04. The summed E-state index contributed by atoms with van der Waals surface area (Å²) in [5, 5.41) is 6.10. The topological polar surface area (TPSA) is 54.0 Å². The van der Waals surface area contributed by atoms with Crippen LogP contribution >= 0.6 is 0 Å². The van der Waals surface area contributed by atoms with Gasteiger partial charge in [0.2, 0.25) is 5.91 Å². The van der Waals surface area contributed by atoms with Gasteiger partial charge < -0.3 is 10.6 Å². The van der Waals surface area contributed by atoms with Crippen molar-refractivity contribution in [2.75, 3.05) is 10.6 Å². The predicted octanol–water partition coefficient (Wildman–Crippen LogP) is 2.25. The van der Waals surface area contributed by atoms with Gasteiger partial charge in [0, 0.05) is 12.0 Å². The summed E-state index contributed by atoms with van der Waals surface area (Å²) in [5.74, 6) is 0.888. The fourth-order valence-electron chi connectivity index (χ4n) is 1.28. The Morgan fingerprint density at radius 1 is 1.44 bits per heavy atom. The monoisotopic (exact) mass is 219 g/mol. The molecule has 0 radical (unpaired) electrons. The molecule has 86 valence electrons. The number of hydrogen-bond acceptors (Lipinski definition) is 3. The second-order valence-electron chi connectivity index (χ2n) is 4.49. The number of amides is 1. The summed E-state index contributed by atoms with van der Waals surface area (Å²) < 4.78 is 0. The van der Waals surface area contributed by atoms with E-state index in [0.29, 0.717) is 6.04 Å². The number of nitrogens with zero attached hydrogens (tertiary/aromatic N) is 1. The van der Waals surface area contributed by atoms with Crippen LogP contribution in [0.2, 0.25) is 0 Å². The molecule has 0 aliphatic heterocycles. The van der Waals surface area contributed by atoms with Crippen LogP contribution in [0.4, 0.5) is 11.5 Å². The Morgan fingerprint density at radius 3 is 2.69 bits per heavy atom. The van der Waals surface area contributed by atoms with Crippen molar-refractivity contribution in [2.24, 2.45) is 5.92 Å². The lowest BCUT2D eigenvalue weighted by Gasteiger charge is -2.08. The number of aromatic nitrogens is 1.